The van der Waals surface area contributed by atoms with E-state index >= 15 is 0 Å². The molecule has 0 saturated carbocycles. The summed E-state index contributed by atoms with van der Waals surface area (Å²) in [7, 11) is -3.59. The normalized spacial score (nSPS) is 15.8. The Morgan fingerprint density at radius 3 is 2.34 bits per heavy atom. The highest BCUT2D eigenvalue weighted by atomic mass is 32.2. The standard InChI is InChI=1S/C22H23F2NO6S/c1-15(22(27)17-5-8-19(23)20(24)14-17)31-21(26)9-4-16-2-6-18(7-3-16)32(28,29)25-10-12-30-13-11-25/h2-3,5-8,14-15H,4,9-13H2,1H3. The van der Waals surface area contributed by atoms with Gasteiger partial charge in [0.25, 0.3) is 0 Å². The fraction of sp³-hybridized carbons (Fsp3) is 0.364. The van der Waals surface area contributed by atoms with E-state index in [1.807, 2.05) is 0 Å². The summed E-state index contributed by atoms with van der Waals surface area (Å²) in [6.45, 7) is 2.68. The molecule has 2 aromatic rings. The van der Waals surface area contributed by atoms with E-state index in [0.717, 1.165) is 23.8 Å². The molecular weight excluding hydrogens is 444 g/mol. The molecule has 7 nitrogen and oxygen atoms in total. The number of esters is 1. The second-order valence-electron chi connectivity index (χ2n) is 7.29. The van der Waals surface area contributed by atoms with Crippen LogP contribution in [0, 0.1) is 11.6 Å². The van der Waals surface area contributed by atoms with Gasteiger partial charge >= 0.3 is 5.97 Å². The highest BCUT2D eigenvalue weighted by molar-refractivity contribution is 7.89. The number of benzene rings is 2. The van der Waals surface area contributed by atoms with Gasteiger partial charge in [0.15, 0.2) is 17.7 Å². The summed E-state index contributed by atoms with van der Waals surface area (Å²) >= 11 is 0. The Balaban J connectivity index is 1.53. The number of sulfonamides is 1. The smallest absolute Gasteiger partial charge is 0.306 e. The van der Waals surface area contributed by atoms with Gasteiger partial charge in [-0.05, 0) is 49.2 Å². The maximum Gasteiger partial charge on any atom is 0.306 e. The summed E-state index contributed by atoms with van der Waals surface area (Å²) in [5, 5.41) is 0. The Morgan fingerprint density at radius 1 is 1.06 bits per heavy atom. The minimum atomic E-state index is -3.59. The van der Waals surface area contributed by atoms with Gasteiger partial charge in [-0.1, -0.05) is 12.1 Å². The van der Waals surface area contributed by atoms with E-state index in [0.29, 0.717) is 26.3 Å². The lowest BCUT2D eigenvalue weighted by Crippen LogP contribution is -2.40. The van der Waals surface area contributed by atoms with Crippen LogP contribution in [0.2, 0.25) is 0 Å². The molecule has 10 heteroatoms. The predicted molar refractivity (Wildman–Crippen MR) is 111 cm³/mol. The Kier molecular flexibility index (Phi) is 7.70. The zero-order valence-corrected chi connectivity index (χ0v) is 18.2. The first kappa shape index (κ1) is 24.0. The first-order valence-electron chi connectivity index (χ1n) is 10.0. The highest BCUT2D eigenvalue weighted by Gasteiger charge is 2.26. The minimum Gasteiger partial charge on any atom is -0.454 e. The van der Waals surface area contributed by atoms with Gasteiger partial charge in [0, 0.05) is 25.1 Å². The quantitative estimate of drug-likeness (QED) is 0.438. The molecule has 1 heterocycles. The van der Waals surface area contributed by atoms with Gasteiger partial charge in [-0.3, -0.25) is 9.59 Å². The topological polar surface area (TPSA) is 90.0 Å². The number of Topliss-reactive ketones (excluding diaryl/α,β-unsaturated/α-hetero) is 1. The van der Waals surface area contributed by atoms with Crippen molar-refractivity contribution >= 4 is 21.8 Å². The number of nitrogens with zero attached hydrogens (tertiary/aromatic N) is 1. The average Bonchev–Trinajstić information content (AvgIpc) is 2.80. The monoisotopic (exact) mass is 467 g/mol. The Labute approximate surface area is 185 Å². The van der Waals surface area contributed by atoms with E-state index in [1.165, 1.54) is 23.4 Å². The number of aryl methyl sites for hydroxylation is 1. The van der Waals surface area contributed by atoms with Gasteiger partial charge in [-0.2, -0.15) is 4.31 Å². The summed E-state index contributed by atoms with van der Waals surface area (Å²) in [5.41, 5.74) is 0.628. The third-order valence-corrected chi connectivity index (χ3v) is 6.94. The molecule has 0 amide bonds. The zero-order valence-electron chi connectivity index (χ0n) is 17.4. The number of hydrogen-bond donors (Lipinski definition) is 0. The highest BCUT2D eigenvalue weighted by Crippen LogP contribution is 2.19. The van der Waals surface area contributed by atoms with Crippen molar-refractivity contribution in [3.8, 4) is 0 Å². The molecule has 1 atom stereocenters. The summed E-state index contributed by atoms with van der Waals surface area (Å²) in [6.07, 6.45) is -0.915. The van der Waals surface area contributed by atoms with Crippen LogP contribution in [0.15, 0.2) is 47.4 Å². The molecule has 0 spiro atoms. The third-order valence-electron chi connectivity index (χ3n) is 5.03. The molecule has 1 fully saturated rings. The van der Waals surface area contributed by atoms with Gasteiger partial charge in [-0.15, -0.1) is 0 Å². The van der Waals surface area contributed by atoms with Crippen LogP contribution in [0.1, 0.15) is 29.3 Å². The number of carbonyl (C=O) groups is 2. The van der Waals surface area contributed by atoms with Crippen LogP contribution < -0.4 is 0 Å². The van der Waals surface area contributed by atoms with Crippen LogP contribution >= 0.6 is 0 Å². The van der Waals surface area contributed by atoms with Crippen molar-refractivity contribution in [3.05, 3.63) is 65.2 Å². The molecule has 1 aliphatic rings. The van der Waals surface area contributed by atoms with Gasteiger partial charge in [0.1, 0.15) is 0 Å². The van der Waals surface area contributed by atoms with E-state index in [9.17, 15) is 26.8 Å². The van der Waals surface area contributed by atoms with E-state index in [2.05, 4.69) is 0 Å². The molecule has 1 aliphatic heterocycles. The van der Waals surface area contributed by atoms with Gasteiger partial charge in [-0.25, -0.2) is 17.2 Å². The third kappa shape index (κ3) is 5.76. The van der Waals surface area contributed by atoms with E-state index in [-0.39, 0.29) is 23.3 Å². The van der Waals surface area contributed by atoms with Crippen molar-refractivity contribution in [3.63, 3.8) is 0 Å². The van der Waals surface area contributed by atoms with Crippen LogP contribution in [0.4, 0.5) is 8.78 Å². The number of rotatable bonds is 8. The SMILES string of the molecule is CC(OC(=O)CCc1ccc(S(=O)(=O)N2CCOCC2)cc1)C(=O)c1ccc(F)c(F)c1. The van der Waals surface area contributed by atoms with Crippen LogP contribution in [0.5, 0.6) is 0 Å². The van der Waals surface area contributed by atoms with Crippen LogP contribution in [-0.4, -0.2) is 56.9 Å². The van der Waals surface area contributed by atoms with Crippen LogP contribution in [-0.2, 0) is 30.7 Å². The molecule has 1 unspecified atom stereocenters. The first-order chi connectivity index (χ1) is 15.2. The lowest BCUT2D eigenvalue weighted by Gasteiger charge is -2.26. The molecular formula is C22H23F2NO6S. The number of morpholine rings is 1. The number of hydrogen-bond acceptors (Lipinski definition) is 6. The van der Waals surface area contributed by atoms with Crippen LogP contribution in [0.25, 0.3) is 0 Å². The number of ketones is 1. The molecule has 2 aromatic carbocycles. The first-order valence-corrected chi connectivity index (χ1v) is 11.5. The van der Waals surface area contributed by atoms with E-state index < -0.39 is 39.5 Å². The second kappa shape index (κ2) is 10.3. The summed E-state index contributed by atoms with van der Waals surface area (Å²) < 4.78 is 63.2. The molecule has 0 N–H and O–H groups in total. The van der Waals surface area contributed by atoms with Crippen molar-refractivity contribution in [2.75, 3.05) is 26.3 Å². The summed E-state index contributed by atoms with van der Waals surface area (Å²) in [4.78, 5) is 24.5. The zero-order chi connectivity index (χ0) is 23.3. The van der Waals surface area contributed by atoms with Crippen molar-refractivity contribution in [2.45, 2.75) is 30.8 Å². The Hall–Kier alpha value is -2.69. The fourth-order valence-corrected chi connectivity index (χ4v) is 4.61. The fourth-order valence-electron chi connectivity index (χ4n) is 3.20. The molecule has 32 heavy (non-hydrogen) atoms. The predicted octanol–water partition coefficient (Wildman–Crippen LogP) is 2.73. The molecule has 0 radical (unpaired) electrons. The number of ether oxygens (including phenoxy) is 2. The van der Waals surface area contributed by atoms with Crippen molar-refractivity contribution in [1.82, 2.24) is 4.31 Å². The van der Waals surface area contributed by atoms with Gasteiger partial charge in [0.05, 0.1) is 18.1 Å². The van der Waals surface area contributed by atoms with E-state index in [1.54, 1.807) is 12.1 Å². The Morgan fingerprint density at radius 2 is 1.72 bits per heavy atom. The molecule has 0 aromatic heterocycles. The molecule has 3 rings (SSSR count). The maximum absolute atomic E-state index is 13.3. The van der Waals surface area contributed by atoms with Crippen molar-refractivity contribution in [1.29, 1.82) is 0 Å². The molecule has 0 bridgehead atoms. The van der Waals surface area contributed by atoms with Crippen LogP contribution in [0.3, 0.4) is 0 Å². The molecule has 1 saturated heterocycles. The van der Waals surface area contributed by atoms with Gasteiger partial charge < -0.3 is 9.47 Å². The largest absolute Gasteiger partial charge is 0.454 e. The van der Waals surface area contributed by atoms with E-state index in [4.69, 9.17) is 9.47 Å². The summed E-state index contributed by atoms with van der Waals surface area (Å²) in [5.74, 6) is -3.52. The number of carbonyl (C=O) groups excluding carboxylic acids is 2. The minimum absolute atomic E-state index is 0.0367. The van der Waals surface area contributed by atoms with Crippen molar-refractivity contribution < 1.29 is 36.3 Å². The average molecular weight is 467 g/mol. The molecule has 172 valence electrons. The lowest BCUT2D eigenvalue weighted by atomic mass is 10.1. The summed E-state index contributed by atoms with van der Waals surface area (Å²) in [6, 6.07) is 8.93. The lowest BCUT2D eigenvalue weighted by molar-refractivity contribution is -0.146. The number of halogens is 2. The second-order valence-corrected chi connectivity index (χ2v) is 9.22. The van der Waals surface area contributed by atoms with Gasteiger partial charge in [0.2, 0.25) is 15.8 Å². The maximum atomic E-state index is 13.3. The Bertz CT molecular complexity index is 1080. The molecule has 0 aliphatic carbocycles. The van der Waals surface area contributed by atoms with Crippen molar-refractivity contribution in [2.24, 2.45) is 0 Å².